The second kappa shape index (κ2) is 10.6. The molecule has 1 aliphatic carbocycles. The summed E-state index contributed by atoms with van der Waals surface area (Å²) in [5.41, 5.74) is 1.01. The summed E-state index contributed by atoms with van der Waals surface area (Å²) in [7, 11) is -1.20. The SMILES string of the molecule is CCCCn1c(CN(C)CCN(CC)CC)cnc1S(=O)(=O)CC1CCC1. The van der Waals surface area contributed by atoms with Crippen LogP contribution in [0.5, 0.6) is 0 Å². The van der Waals surface area contributed by atoms with E-state index in [1.165, 1.54) is 0 Å². The van der Waals surface area contributed by atoms with Gasteiger partial charge >= 0.3 is 0 Å². The molecule has 0 spiro atoms. The first-order valence-electron chi connectivity index (χ1n) is 10.6. The van der Waals surface area contributed by atoms with E-state index in [-0.39, 0.29) is 10.9 Å². The number of imidazole rings is 1. The molecule has 0 atom stereocenters. The molecular formula is C20H38N4O2S. The molecule has 0 N–H and O–H groups in total. The molecule has 156 valence electrons. The van der Waals surface area contributed by atoms with Crippen LogP contribution in [-0.4, -0.2) is 66.7 Å². The maximum Gasteiger partial charge on any atom is 0.227 e. The smallest absolute Gasteiger partial charge is 0.227 e. The lowest BCUT2D eigenvalue weighted by Crippen LogP contribution is -2.33. The Morgan fingerprint density at radius 3 is 2.44 bits per heavy atom. The Bertz CT molecular complexity index is 664. The Labute approximate surface area is 165 Å². The van der Waals surface area contributed by atoms with Gasteiger partial charge in [-0.3, -0.25) is 4.90 Å². The molecule has 6 nitrogen and oxygen atoms in total. The van der Waals surface area contributed by atoms with Crippen molar-refractivity contribution >= 4 is 9.84 Å². The fourth-order valence-corrected chi connectivity index (χ4v) is 5.43. The summed E-state index contributed by atoms with van der Waals surface area (Å²) in [6, 6.07) is 0. The van der Waals surface area contributed by atoms with E-state index in [9.17, 15) is 8.42 Å². The summed E-state index contributed by atoms with van der Waals surface area (Å²) in [6.45, 7) is 12.1. The zero-order chi connectivity index (χ0) is 19.9. The van der Waals surface area contributed by atoms with E-state index < -0.39 is 9.84 Å². The molecule has 27 heavy (non-hydrogen) atoms. The molecule has 0 aliphatic heterocycles. The number of nitrogens with zero attached hydrogens (tertiary/aromatic N) is 4. The second-order valence-electron chi connectivity index (χ2n) is 7.88. The summed E-state index contributed by atoms with van der Waals surface area (Å²) in [5, 5.41) is 0.287. The van der Waals surface area contributed by atoms with Crippen LogP contribution in [0.15, 0.2) is 11.4 Å². The van der Waals surface area contributed by atoms with Crippen LogP contribution in [0, 0.1) is 5.92 Å². The normalized spacial score (nSPS) is 15.6. The Kier molecular flexibility index (Phi) is 8.76. The molecule has 2 rings (SSSR count). The summed E-state index contributed by atoms with van der Waals surface area (Å²) in [6.07, 6.45) is 7.02. The summed E-state index contributed by atoms with van der Waals surface area (Å²) in [4.78, 5) is 9.04. The molecule has 0 radical (unpaired) electrons. The molecule has 0 saturated heterocycles. The minimum Gasteiger partial charge on any atom is -0.318 e. The number of likely N-dealkylation sites (N-methyl/N-ethyl adjacent to an activating group) is 2. The van der Waals surface area contributed by atoms with Gasteiger partial charge in [-0.2, -0.15) is 0 Å². The van der Waals surface area contributed by atoms with Crippen molar-refractivity contribution in [3.05, 3.63) is 11.9 Å². The molecule has 0 unspecified atom stereocenters. The number of unbranched alkanes of at least 4 members (excludes halogenated alkanes) is 1. The molecule has 0 bridgehead atoms. The quantitative estimate of drug-likeness (QED) is 0.511. The molecule has 1 aliphatic rings. The van der Waals surface area contributed by atoms with Crippen molar-refractivity contribution in [2.75, 3.05) is 39.0 Å². The fourth-order valence-electron chi connectivity index (χ4n) is 3.57. The molecule has 1 aromatic heterocycles. The van der Waals surface area contributed by atoms with Crippen molar-refractivity contribution in [1.29, 1.82) is 0 Å². The summed E-state index contributed by atoms with van der Waals surface area (Å²) >= 11 is 0. The molecule has 0 aromatic carbocycles. The van der Waals surface area contributed by atoms with Gasteiger partial charge in [-0.15, -0.1) is 0 Å². The second-order valence-corrected chi connectivity index (χ2v) is 9.81. The third-order valence-electron chi connectivity index (χ3n) is 5.72. The van der Waals surface area contributed by atoms with Crippen molar-refractivity contribution in [2.45, 2.75) is 71.1 Å². The highest BCUT2D eigenvalue weighted by Crippen LogP contribution is 2.29. The maximum atomic E-state index is 12.9. The number of hydrogen-bond donors (Lipinski definition) is 0. The van der Waals surface area contributed by atoms with E-state index in [0.717, 1.165) is 77.1 Å². The monoisotopic (exact) mass is 398 g/mol. The number of rotatable bonds is 13. The van der Waals surface area contributed by atoms with Crippen LogP contribution in [0.3, 0.4) is 0 Å². The number of sulfone groups is 1. The lowest BCUT2D eigenvalue weighted by atomic mass is 9.87. The molecule has 1 aromatic rings. The fraction of sp³-hybridized carbons (Fsp3) is 0.850. The van der Waals surface area contributed by atoms with Crippen LogP contribution in [0.25, 0.3) is 0 Å². The largest absolute Gasteiger partial charge is 0.318 e. The zero-order valence-corrected chi connectivity index (χ0v) is 18.5. The molecule has 0 amide bonds. The Morgan fingerprint density at radius 1 is 1.19 bits per heavy atom. The van der Waals surface area contributed by atoms with Crippen LogP contribution in [0.4, 0.5) is 0 Å². The van der Waals surface area contributed by atoms with Gasteiger partial charge in [-0.05, 0) is 45.3 Å². The van der Waals surface area contributed by atoms with Gasteiger partial charge in [0.05, 0.1) is 17.6 Å². The highest BCUT2D eigenvalue weighted by molar-refractivity contribution is 7.91. The molecule has 1 heterocycles. The van der Waals surface area contributed by atoms with Gasteiger partial charge in [0.1, 0.15) is 0 Å². The Balaban J connectivity index is 2.10. The molecular weight excluding hydrogens is 360 g/mol. The number of hydrogen-bond acceptors (Lipinski definition) is 5. The predicted octanol–water partition coefficient (Wildman–Crippen LogP) is 3.03. The Hall–Kier alpha value is -0.920. The summed E-state index contributed by atoms with van der Waals surface area (Å²) < 4.78 is 27.8. The first-order valence-corrected chi connectivity index (χ1v) is 12.2. The lowest BCUT2D eigenvalue weighted by Gasteiger charge is -2.25. The molecule has 1 saturated carbocycles. The van der Waals surface area contributed by atoms with Crippen molar-refractivity contribution in [3.63, 3.8) is 0 Å². The number of aromatic nitrogens is 2. The van der Waals surface area contributed by atoms with Crippen molar-refractivity contribution in [2.24, 2.45) is 5.92 Å². The van der Waals surface area contributed by atoms with Crippen molar-refractivity contribution < 1.29 is 8.42 Å². The van der Waals surface area contributed by atoms with Crippen molar-refractivity contribution in [3.8, 4) is 0 Å². The average Bonchev–Trinajstić information content (AvgIpc) is 3.00. The molecule has 1 fully saturated rings. The van der Waals surface area contributed by atoms with Crippen molar-refractivity contribution in [1.82, 2.24) is 19.4 Å². The van der Waals surface area contributed by atoms with E-state index in [4.69, 9.17) is 0 Å². The average molecular weight is 399 g/mol. The third-order valence-corrected chi connectivity index (χ3v) is 7.51. The van der Waals surface area contributed by atoms with Crippen LogP contribution in [-0.2, 0) is 22.9 Å². The highest BCUT2D eigenvalue weighted by Gasteiger charge is 2.30. The van der Waals surface area contributed by atoms with Gasteiger partial charge in [0.2, 0.25) is 15.0 Å². The van der Waals surface area contributed by atoms with E-state index in [0.29, 0.717) is 5.92 Å². The minimum atomic E-state index is -3.30. The Morgan fingerprint density at radius 2 is 1.89 bits per heavy atom. The van der Waals surface area contributed by atoms with Gasteiger partial charge in [0, 0.05) is 26.2 Å². The van der Waals surface area contributed by atoms with E-state index in [1.807, 2.05) is 4.57 Å². The van der Waals surface area contributed by atoms with E-state index in [2.05, 4.69) is 42.6 Å². The van der Waals surface area contributed by atoms with Gasteiger partial charge in [0.15, 0.2) is 0 Å². The highest BCUT2D eigenvalue weighted by atomic mass is 32.2. The topological polar surface area (TPSA) is 58.4 Å². The first-order chi connectivity index (χ1) is 12.9. The summed E-state index contributed by atoms with van der Waals surface area (Å²) in [5.74, 6) is 0.583. The zero-order valence-electron chi connectivity index (χ0n) is 17.7. The van der Waals surface area contributed by atoms with E-state index in [1.54, 1.807) is 6.20 Å². The van der Waals surface area contributed by atoms with Crippen LogP contribution in [0.2, 0.25) is 0 Å². The lowest BCUT2D eigenvalue weighted by molar-refractivity contribution is 0.233. The minimum absolute atomic E-state index is 0.257. The van der Waals surface area contributed by atoms with Crippen LogP contribution >= 0.6 is 0 Å². The van der Waals surface area contributed by atoms with Gasteiger partial charge < -0.3 is 9.47 Å². The maximum absolute atomic E-state index is 12.9. The first kappa shape index (κ1) is 22.4. The third kappa shape index (κ3) is 6.29. The van der Waals surface area contributed by atoms with Crippen LogP contribution < -0.4 is 0 Å². The van der Waals surface area contributed by atoms with Gasteiger partial charge in [-0.25, -0.2) is 13.4 Å². The van der Waals surface area contributed by atoms with Gasteiger partial charge in [-0.1, -0.05) is 33.6 Å². The van der Waals surface area contributed by atoms with E-state index >= 15 is 0 Å². The standard InChI is InChI=1S/C20H38N4O2S/c1-5-8-12-24-19(16-22(4)13-14-23(6-2)7-3)15-21-20(24)27(25,26)17-18-10-9-11-18/h15,18H,5-14,16-17H2,1-4H3. The van der Waals surface area contributed by atoms with Crippen LogP contribution in [0.1, 0.15) is 58.6 Å². The predicted molar refractivity (Wildman–Crippen MR) is 111 cm³/mol. The molecule has 7 heteroatoms. The van der Waals surface area contributed by atoms with Gasteiger partial charge in [0.25, 0.3) is 0 Å².